The van der Waals surface area contributed by atoms with Crippen LogP contribution in [0.5, 0.6) is 0 Å². The average molecular weight is 277 g/mol. The molecule has 0 saturated carbocycles. The predicted octanol–water partition coefficient (Wildman–Crippen LogP) is 0.665. The Bertz CT molecular complexity index is 457. The van der Waals surface area contributed by atoms with Crippen LogP contribution in [0.2, 0.25) is 0 Å². The van der Waals surface area contributed by atoms with Gasteiger partial charge in [0.05, 0.1) is 19.4 Å². The number of nitrogens with one attached hydrogen (secondary N) is 2. The first-order valence-electron chi connectivity index (χ1n) is 6.26. The number of hydrogen-bond donors (Lipinski definition) is 3. The summed E-state index contributed by atoms with van der Waals surface area (Å²) in [6, 6.07) is 6.48. The van der Waals surface area contributed by atoms with Crippen molar-refractivity contribution in [2.24, 2.45) is 0 Å². The Labute approximate surface area is 118 Å². The monoisotopic (exact) mass is 277 g/mol. The Balaban J connectivity index is 2.21. The molecular weight excluding hydrogens is 258 g/mol. The Morgan fingerprint density at radius 2 is 1.95 bits per heavy atom. The molecule has 4 N–H and O–H groups in total. The maximum absolute atomic E-state index is 11.7. The highest BCUT2D eigenvalue weighted by atomic mass is 16.5. The lowest BCUT2D eigenvalue weighted by Gasteiger charge is -2.07. The van der Waals surface area contributed by atoms with Crippen LogP contribution in [-0.2, 0) is 9.53 Å². The third-order valence-electron chi connectivity index (χ3n) is 2.46. The number of rotatable bonds is 8. The van der Waals surface area contributed by atoms with E-state index in [4.69, 9.17) is 10.5 Å². The lowest BCUT2D eigenvalue weighted by Crippen LogP contribution is -2.37. The van der Waals surface area contributed by atoms with Crippen LogP contribution in [0.3, 0.4) is 0 Å². The predicted molar refractivity (Wildman–Crippen MR) is 77.0 cm³/mol. The standard InChI is InChI=1S/C14H19N3O3/c1-2-20-9-3-8-16-13(18)10-17-14(19)11-4-6-12(15)7-5-11/h2,4-7H,1,3,8-10,15H2,(H,16,18)(H,17,19). The summed E-state index contributed by atoms with van der Waals surface area (Å²) >= 11 is 0. The summed E-state index contributed by atoms with van der Waals surface area (Å²) < 4.78 is 4.91. The zero-order valence-electron chi connectivity index (χ0n) is 11.2. The van der Waals surface area contributed by atoms with Gasteiger partial charge in [0, 0.05) is 17.8 Å². The number of benzene rings is 1. The number of anilines is 1. The van der Waals surface area contributed by atoms with Gasteiger partial charge in [-0.25, -0.2) is 0 Å². The van der Waals surface area contributed by atoms with Gasteiger partial charge in [-0.1, -0.05) is 6.58 Å². The van der Waals surface area contributed by atoms with Gasteiger partial charge in [0.1, 0.15) is 0 Å². The molecule has 1 aromatic rings. The molecule has 6 heteroatoms. The summed E-state index contributed by atoms with van der Waals surface area (Å²) in [4.78, 5) is 23.2. The van der Waals surface area contributed by atoms with Gasteiger partial charge in [0.15, 0.2) is 0 Å². The maximum Gasteiger partial charge on any atom is 0.251 e. The number of carbonyl (C=O) groups excluding carboxylic acids is 2. The lowest BCUT2D eigenvalue weighted by molar-refractivity contribution is -0.120. The minimum Gasteiger partial charge on any atom is -0.502 e. The molecule has 0 saturated heterocycles. The summed E-state index contributed by atoms with van der Waals surface area (Å²) in [5.41, 5.74) is 6.57. The van der Waals surface area contributed by atoms with E-state index in [-0.39, 0.29) is 18.4 Å². The molecule has 0 bridgehead atoms. The third kappa shape index (κ3) is 5.90. The summed E-state index contributed by atoms with van der Waals surface area (Å²) in [6.07, 6.45) is 2.04. The Kier molecular flexibility index (Phi) is 6.67. The molecule has 0 fully saturated rings. The van der Waals surface area contributed by atoms with E-state index in [1.807, 2.05) is 0 Å². The van der Waals surface area contributed by atoms with Crippen molar-refractivity contribution < 1.29 is 14.3 Å². The molecule has 2 amide bonds. The number of carbonyl (C=O) groups is 2. The number of amides is 2. The van der Waals surface area contributed by atoms with Gasteiger partial charge in [0.2, 0.25) is 5.91 Å². The third-order valence-corrected chi connectivity index (χ3v) is 2.46. The number of hydrogen-bond acceptors (Lipinski definition) is 4. The van der Waals surface area contributed by atoms with E-state index in [1.54, 1.807) is 24.3 Å². The van der Waals surface area contributed by atoms with E-state index in [0.29, 0.717) is 30.8 Å². The van der Waals surface area contributed by atoms with Gasteiger partial charge in [-0.2, -0.15) is 0 Å². The second-order valence-corrected chi connectivity index (χ2v) is 4.05. The molecule has 0 radical (unpaired) electrons. The highest BCUT2D eigenvalue weighted by Gasteiger charge is 2.07. The fourth-order valence-electron chi connectivity index (χ4n) is 1.43. The van der Waals surface area contributed by atoms with E-state index < -0.39 is 0 Å². The molecule has 0 unspecified atom stereocenters. The van der Waals surface area contributed by atoms with Gasteiger partial charge in [-0.15, -0.1) is 0 Å². The van der Waals surface area contributed by atoms with Gasteiger partial charge in [-0.3, -0.25) is 9.59 Å². The second kappa shape index (κ2) is 8.58. The smallest absolute Gasteiger partial charge is 0.251 e. The highest BCUT2D eigenvalue weighted by Crippen LogP contribution is 2.04. The van der Waals surface area contributed by atoms with Crippen molar-refractivity contribution in [1.82, 2.24) is 10.6 Å². The molecule has 0 aliphatic rings. The number of nitrogen functional groups attached to an aromatic ring is 1. The minimum absolute atomic E-state index is 0.0640. The summed E-state index contributed by atoms with van der Waals surface area (Å²) in [5.74, 6) is -0.553. The van der Waals surface area contributed by atoms with Crippen LogP contribution in [0.25, 0.3) is 0 Å². The fraction of sp³-hybridized carbons (Fsp3) is 0.286. The topological polar surface area (TPSA) is 93.5 Å². The van der Waals surface area contributed by atoms with Crippen LogP contribution in [0.4, 0.5) is 5.69 Å². The largest absolute Gasteiger partial charge is 0.502 e. The Morgan fingerprint density at radius 1 is 1.25 bits per heavy atom. The van der Waals surface area contributed by atoms with Crippen LogP contribution >= 0.6 is 0 Å². The molecule has 0 aliphatic heterocycles. The molecule has 108 valence electrons. The molecule has 20 heavy (non-hydrogen) atoms. The van der Waals surface area contributed by atoms with Crippen molar-refractivity contribution in [3.63, 3.8) is 0 Å². The second-order valence-electron chi connectivity index (χ2n) is 4.05. The van der Waals surface area contributed by atoms with E-state index in [1.165, 1.54) is 6.26 Å². The summed E-state index contributed by atoms with van der Waals surface area (Å²) in [6.45, 7) is 4.34. The van der Waals surface area contributed by atoms with Crippen molar-refractivity contribution in [2.75, 3.05) is 25.4 Å². The van der Waals surface area contributed by atoms with Gasteiger partial charge in [0.25, 0.3) is 5.91 Å². The van der Waals surface area contributed by atoms with Crippen molar-refractivity contribution in [3.8, 4) is 0 Å². The quantitative estimate of drug-likeness (QED) is 0.370. The zero-order valence-corrected chi connectivity index (χ0v) is 11.2. The van der Waals surface area contributed by atoms with Crippen LogP contribution in [0, 0.1) is 0 Å². The van der Waals surface area contributed by atoms with Crippen LogP contribution in [-0.4, -0.2) is 31.5 Å². The molecule has 1 aromatic carbocycles. The average Bonchev–Trinajstić information content (AvgIpc) is 2.45. The zero-order chi connectivity index (χ0) is 14.8. The first kappa shape index (κ1) is 15.6. The van der Waals surface area contributed by atoms with E-state index >= 15 is 0 Å². The van der Waals surface area contributed by atoms with Crippen LogP contribution in [0.15, 0.2) is 37.1 Å². The Morgan fingerprint density at radius 3 is 2.60 bits per heavy atom. The maximum atomic E-state index is 11.7. The number of nitrogens with two attached hydrogens (primary N) is 1. The summed E-state index contributed by atoms with van der Waals surface area (Å²) in [5, 5.41) is 5.20. The molecule has 0 atom stereocenters. The molecule has 0 spiro atoms. The fourth-order valence-corrected chi connectivity index (χ4v) is 1.43. The van der Waals surface area contributed by atoms with E-state index in [9.17, 15) is 9.59 Å². The number of ether oxygens (including phenoxy) is 1. The van der Waals surface area contributed by atoms with Crippen LogP contribution < -0.4 is 16.4 Å². The van der Waals surface area contributed by atoms with E-state index in [2.05, 4.69) is 17.2 Å². The molecular formula is C14H19N3O3. The summed E-state index contributed by atoms with van der Waals surface area (Å²) in [7, 11) is 0. The van der Waals surface area contributed by atoms with Crippen molar-refractivity contribution in [3.05, 3.63) is 42.7 Å². The first-order chi connectivity index (χ1) is 9.63. The van der Waals surface area contributed by atoms with Crippen LogP contribution in [0.1, 0.15) is 16.8 Å². The van der Waals surface area contributed by atoms with Gasteiger partial charge < -0.3 is 21.1 Å². The lowest BCUT2D eigenvalue weighted by atomic mass is 10.2. The Hall–Kier alpha value is -2.50. The van der Waals surface area contributed by atoms with Gasteiger partial charge >= 0.3 is 0 Å². The van der Waals surface area contributed by atoms with Crippen molar-refractivity contribution >= 4 is 17.5 Å². The van der Waals surface area contributed by atoms with Gasteiger partial charge in [-0.05, 0) is 30.7 Å². The molecule has 0 heterocycles. The normalized spacial score (nSPS) is 9.60. The molecule has 0 aromatic heterocycles. The first-order valence-corrected chi connectivity index (χ1v) is 6.26. The van der Waals surface area contributed by atoms with Crippen molar-refractivity contribution in [1.29, 1.82) is 0 Å². The highest BCUT2D eigenvalue weighted by molar-refractivity contribution is 5.96. The molecule has 0 aliphatic carbocycles. The molecule has 1 rings (SSSR count). The van der Waals surface area contributed by atoms with Crippen molar-refractivity contribution in [2.45, 2.75) is 6.42 Å². The minimum atomic E-state index is -0.310. The SMILES string of the molecule is C=COCCCNC(=O)CNC(=O)c1ccc(N)cc1. The molecule has 6 nitrogen and oxygen atoms in total. The van der Waals surface area contributed by atoms with E-state index in [0.717, 1.165) is 0 Å².